The summed E-state index contributed by atoms with van der Waals surface area (Å²) >= 11 is 0. The fourth-order valence-electron chi connectivity index (χ4n) is 5.33. The molecule has 0 aromatic heterocycles. The van der Waals surface area contributed by atoms with Crippen LogP contribution < -0.4 is 5.32 Å². The number of nitrogens with one attached hydrogen (secondary N) is 1. The van der Waals surface area contributed by atoms with Crippen LogP contribution in [0.3, 0.4) is 0 Å². The van der Waals surface area contributed by atoms with E-state index in [2.05, 4.69) is 33.0 Å². The molecule has 0 spiro atoms. The molecule has 5 unspecified atom stereocenters. The zero-order chi connectivity index (χ0) is 13.0. The monoisotopic (exact) mass is 249 g/mol. The van der Waals surface area contributed by atoms with E-state index in [1.54, 1.807) is 0 Å². The molecular formula is C17H31N. The summed E-state index contributed by atoms with van der Waals surface area (Å²) < 4.78 is 0. The molecule has 3 aliphatic carbocycles. The van der Waals surface area contributed by atoms with Gasteiger partial charge in [0.15, 0.2) is 0 Å². The highest BCUT2D eigenvalue weighted by Gasteiger charge is 2.61. The lowest BCUT2D eigenvalue weighted by atomic mass is 9.69. The third-order valence-corrected chi connectivity index (χ3v) is 7.46. The van der Waals surface area contributed by atoms with Gasteiger partial charge >= 0.3 is 0 Å². The van der Waals surface area contributed by atoms with Crippen LogP contribution in [0.15, 0.2) is 0 Å². The molecule has 1 nitrogen and oxygen atoms in total. The van der Waals surface area contributed by atoms with Crippen molar-refractivity contribution in [2.24, 2.45) is 28.6 Å². The van der Waals surface area contributed by atoms with Crippen LogP contribution in [0.5, 0.6) is 0 Å². The maximum atomic E-state index is 3.98. The molecule has 0 amide bonds. The molecule has 1 N–H and O–H groups in total. The second kappa shape index (κ2) is 4.23. The van der Waals surface area contributed by atoms with Gasteiger partial charge in [-0.2, -0.15) is 0 Å². The second-order valence-corrected chi connectivity index (χ2v) is 8.24. The summed E-state index contributed by atoms with van der Waals surface area (Å²) in [5.41, 5.74) is 1.12. The van der Waals surface area contributed by atoms with Crippen LogP contribution in [0.25, 0.3) is 0 Å². The summed E-state index contributed by atoms with van der Waals surface area (Å²) in [7, 11) is 0. The highest BCUT2D eigenvalue weighted by molar-refractivity contribution is 5.13. The third-order valence-electron chi connectivity index (χ3n) is 7.46. The van der Waals surface area contributed by atoms with Gasteiger partial charge in [-0.05, 0) is 60.8 Å². The molecule has 0 saturated heterocycles. The van der Waals surface area contributed by atoms with Gasteiger partial charge in [0.1, 0.15) is 0 Å². The molecule has 0 aliphatic heterocycles. The first-order valence-electron chi connectivity index (χ1n) is 8.18. The van der Waals surface area contributed by atoms with Crippen molar-refractivity contribution >= 4 is 0 Å². The summed E-state index contributed by atoms with van der Waals surface area (Å²) in [6.45, 7) is 11.3. The van der Waals surface area contributed by atoms with E-state index in [0.717, 1.165) is 23.8 Å². The topological polar surface area (TPSA) is 12.0 Å². The predicted octanol–water partition coefficient (Wildman–Crippen LogP) is 4.23. The Hall–Kier alpha value is -0.0400. The molecule has 3 fully saturated rings. The average Bonchev–Trinajstić information content (AvgIpc) is 2.87. The molecule has 18 heavy (non-hydrogen) atoms. The predicted molar refractivity (Wildman–Crippen MR) is 77.5 cm³/mol. The average molecular weight is 249 g/mol. The van der Waals surface area contributed by atoms with Crippen LogP contribution in [0.1, 0.15) is 66.2 Å². The molecular weight excluding hydrogens is 218 g/mol. The van der Waals surface area contributed by atoms with Crippen molar-refractivity contribution < 1.29 is 0 Å². The SMILES string of the molecule is CC1CCCC1CNC1CC2CCC1(C)C2(C)C. The van der Waals surface area contributed by atoms with Crippen LogP contribution >= 0.6 is 0 Å². The zero-order valence-electron chi connectivity index (χ0n) is 12.8. The number of fused-ring (bicyclic) bond motifs is 2. The first kappa shape index (κ1) is 13.0. The van der Waals surface area contributed by atoms with Crippen molar-refractivity contribution in [2.45, 2.75) is 72.3 Å². The van der Waals surface area contributed by atoms with Crippen molar-refractivity contribution in [3.63, 3.8) is 0 Å². The Morgan fingerprint density at radius 3 is 2.39 bits per heavy atom. The van der Waals surface area contributed by atoms with Crippen molar-refractivity contribution in [1.82, 2.24) is 5.32 Å². The van der Waals surface area contributed by atoms with E-state index in [0.29, 0.717) is 10.8 Å². The quantitative estimate of drug-likeness (QED) is 0.789. The third kappa shape index (κ3) is 1.69. The smallest absolute Gasteiger partial charge is 0.0129 e. The van der Waals surface area contributed by atoms with Gasteiger partial charge in [0, 0.05) is 6.04 Å². The maximum absolute atomic E-state index is 3.98. The fraction of sp³-hybridized carbons (Fsp3) is 1.00. The van der Waals surface area contributed by atoms with Gasteiger partial charge in [0.25, 0.3) is 0 Å². The lowest BCUT2D eigenvalue weighted by molar-refractivity contribution is 0.118. The van der Waals surface area contributed by atoms with E-state index in [1.807, 2.05) is 0 Å². The Bertz CT molecular complexity index is 322. The minimum absolute atomic E-state index is 0.555. The minimum atomic E-state index is 0.555. The van der Waals surface area contributed by atoms with Crippen LogP contribution in [-0.4, -0.2) is 12.6 Å². The Morgan fingerprint density at radius 1 is 1.11 bits per heavy atom. The van der Waals surface area contributed by atoms with E-state index in [-0.39, 0.29) is 0 Å². The largest absolute Gasteiger partial charge is 0.313 e. The fourth-order valence-corrected chi connectivity index (χ4v) is 5.33. The Balaban J connectivity index is 1.62. The highest BCUT2D eigenvalue weighted by Crippen LogP contribution is 2.65. The molecule has 104 valence electrons. The van der Waals surface area contributed by atoms with Crippen LogP contribution in [0, 0.1) is 28.6 Å². The maximum Gasteiger partial charge on any atom is 0.0129 e. The summed E-state index contributed by atoms with van der Waals surface area (Å²) in [6.07, 6.45) is 8.74. The molecule has 0 aromatic carbocycles. The van der Waals surface area contributed by atoms with Gasteiger partial charge in [-0.25, -0.2) is 0 Å². The molecule has 1 heteroatoms. The normalized spacial score (nSPS) is 50.0. The zero-order valence-corrected chi connectivity index (χ0v) is 12.8. The van der Waals surface area contributed by atoms with Crippen molar-refractivity contribution in [3.8, 4) is 0 Å². The Kier molecular flexibility index (Phi) is 3.05. The molecule has 3 saturated carbocycles. The van der Waals surface area contributed by atoms with Gasteiger partial charge in [-0.15, -0.1) is 0 Å². The lowest BCUT2D eigenvalue weighted by Gasteiger charge is -2.40. The summed E-state index contributed by atoms with van der Waals surface area (Å²) in [6, 6.07) is 0.791. The summed E-state index contributed by atoms with van der Waals surface area (Å²) in [4.78, 5) is 0. The molecule has 3 rings (SSSR count). The van der Waals surface area contributed by atoms with E-state index in [1.165, 1.54) is 45.1 Å². The first-order chi connectivity index (χ1) is 8.45. The standard InChI is InChI=1S/C17H31N/c1-12-6-5-7-13(12)11-18-15-10-14-8-9-17(15,4)16(14,2)3/h12-15,18H,5-11H2,1-4H3. The Morgan fingerprint density at radius 2 is 1.89 bits per heavy atom. The van der Waals surface area contributed by atoms with Crippen LogP contribution in [0.2, 0.25) is 0 Å². The van der Waals surface area contributed by atoms with Crippen molar-refractivity contribution in [1.29, 1.82) is 0 Å². The van der Waals surface area contributed by atoms with E-state index < -0.39 is 0 Å². The van der Waals surface area contributed by atoms with Crippen molar-refractivity contribution in [2.75, 3.05) is 6.54 Å². The van der Waals surface area contributed by atoms with Crippen molar-refractivity contribution in [3.05, 3.63) is 0 Å². The van der Waals surface area contributed by atoms with Crippen LogP contribution in [0.4, 0.5) is 0 Å². The molecule has 5 atom stereocenters. The summed E-state index contributed by atoms with van der Waals surface area (Å²) in [5, 5.41) is 3.98. The minimum Gasteiger partial charge on any atom is -0.313 e. The molecule has 0 radical (unpaired) electrons. The molecule has 0 aromatic rings. The van der Waals surface area contributed by atoms with E-state index in [4.69, 9.17) is 0 Å². The van der Waals surface area contributed by atoms with E-state index >= 15 is 0 Å². The Labute approximate surface area is 113 Å². The van der Waals surface area contributed by atoms with Gasteiger partial charge < -0.3 is 5.32 Å². The second-order valence-electron chi connectivity index (χ2n) is 8.24. The highest BCUT2D eigenvalue weighted by atomic mass is 15.0. The summed E-state index contributed by atoms with van der Waals surface area (Å²) in [5.74, 6) is 2.88. The van der Waals surface area contributed by atoms with Gasteiger partial charge in [-0.3, -0.25) is 0 Å². The molecule has 3 aliphatic rings. The number of hydrogen-bond donors (Lipinski definition) is 1. The first-order valence-corrected chi connectivity index (χ1v) is 8.18. The number of hydrogen-bond acceptors (Lipinski definition) is 1. The van der Waals surface area contributed by atoms with Gasteiger partial charge in [0.2, 0.25) is 0 Å². The van der Waals surface area contributed by atoms with Crippen LogP contribution in [-0.2, 0) is 0 Å². The molecule has 0 heterocycles. The number of rotatable bonds is 3. The van der Waals surface area contributed by atoms with Gasteiger partial charge in [-0.1, -0.05) is 40.5 Å². The van der Waals surface area contributed by atoms with Gasteiger partial charge in [0.05, 0.1) is 0 Å². The van der Waals surface area contributed by atoms with E-state index in [9.17, 15) is 0 Å². The lowest BCUT2D eigenvalue weighted by Crippen LogP contribution is -2.46. The molecule has 2 bridgehead atoms.